The van der Waals surface area contributed by atoms with E-state index in [0.29, 0.717) is 6.61 Å². The highest BCUT2D eigenvalue weighted by atomic mass is 16.5. The molecule has 3 heteroatoms. The average Bonchev–Trinajstić information content (AvgIpc) is 2.46. The van der Waals surface area contributed by atoms with E-state index in [1.54, 1.807) is 7.11 Å². The van der Waals surface area contributed by atoms with Crippen molar-refractivity contribution < 1.29 is 9.47 Å². The lowest BCUT2D eigenvalue weighted by Crippen LogP contribution is -2.09. The van der Waals surface area contributed by atoms with Gasteiger partial charge in [-0.15, -0.1) is 0 Å². The van der Waals surface area contributed by atoms with Gasteiger partial charge in [0, 0.05) is 17.2 Å². The molecule has 0 bridgehead atoms. The van der Waals surface area contributed by atoms with E-state index >= 15 is 0 Å². The Morgan fingerprint density at radius 1 is 1.00 bits per heavy atom. The van der Waals surface area contributed by atoms with E-state index in [1.807, 2.05) is 31.2 Å². The van der Waals surface area contributed by atoms with Crippen molar-refractivity contribution in [2.75, 3.05) is 7.11 Å². The lowest BCUT2D eigenvalue weighted by atomic mass is 10.1. The molecule has 2 N–H and O–H groups in total. The topological polar surface area (TPSA) is 44.5 Å². The molecule has 1 atom stereocenters. The quantitative estimate of drug-likeness (QED) is 0.905. The van der Waals surface area contributed by atoms with Crippen LogP contribution in [0.3, 0.4) is 0 Å². The molecular weight excluding hydrogens is 262 g/mol. The summed E-state index contributed by atoms with van der Waals surface area (Å²) in [7, 11) is 1.67. The highest BCUT2D eigenvalue weighted by Crippen LogP contribution is 2.27. The SMILES string of the molecule is COc1ccc(C)cc1COc1ccc(C)cc1[C@H](C)N. The second kappa shape index (κ2) is 6.64. The van der Waals surface area contributed by atoms with Gasteiger partial charge in [0.2, 0.25) is 0 Å². The summed E-state index contributed by atoms with van der Waals surface area (Å²) in [5, 5.41) is 0. The Hall–Kier alpha value is -2.00. The summed E-state index contributed by atoms with van der Waals surface area (Å²) in [4.78, 5) is 0. The van der Waals surface area contributed by atoms with Gasteiger partial charge in [0.15, 0.2) is 0 Å². The van der Waals surface area contributed by atoms with Gasteiger partial charge in [-0.25, -0.2) is 0 Å². The Balaban J connectivity index is 2.22. The van der Waals surface area contributed by atoms with E-state index in [0.717, 1.165) is 22.6 Å². The molecule has 2 aromatic carbocycles. The summed E-state index contributed by atoms with van der Waals surface area (Å²) in [5.41, 5.74) is 10.5. The van der Waals surface area contributed by atoms with Crippen molar-refractivity contribution in [1.82, 2.24) is 0 Å². The van der Waals surface area contributed by atoms with E-state index in [9.17, 15) is 0 Å². The number of hydrogen-bond acceptors (Lipinski definition) is 3. The molecule has 0 radical (unpaired) electrons. The molecule has 21 heavy (non-hydrogen) atoms. The summed E-state index contributed by atoms with van der Waals surface area (Å²) in [5.74, 6) is 1.68. The fraction of sp³-hybridized carbons (Fsp3) is 0.333. The molecule has 2 aromatic rings. The van der Waals surface area contributed by atoms with Gasteiger partial charge in [-0.2, -0.15) is 0 Å². The van der Waals surface area contributed by atoms with Gasteiger partial charge in [0.05, 0.1) is 7.11 Å². The molecule has 112 valence electrons. The molecule has 0 saturated carbocycles. The number of ether oxygens (including phenoxy) is 2. The van der Waals surface area contributed by atoms with E-state index in [-0.39, 0.29) is 6.04 Å². The van der Waals surface area contributed by atoms with Crippen molar-refractivity contribution in [2.24, 2.45) is 5.73 Å². The van der Waals surface area contributed by atoms with Crippen molar-refractivity contribution in [3.05, 3.63) is 58.7 Å². The third-order valence-corrected chi connectivity index (χ3v) is 3.47. The standard InChI is InChI=1S/C18H23NO2/c1-12-5-7-17(20-4)15(9-12)11-21-18-8-6-13(2)10-16(18)14(3)19/h5-10,14H,11,19H2,1-4H3/t14-/m0/s1. The second-order valence-electron chi connectivity index (χ2n) is 5.43. The van der Waals surface area contributed by atoms with Crippen molar-refractivity contribution in [1.29, 1.82) is 0 Å². The monoisotopic (exact) mass is 285 g/mol. The molecule has 0 aliphatic carbocycles. The third-order valence-electron chi connectivity index (χ3n) is 3.47. The Labute approximate surface area is 126 Å². The van der Waals surface area contributed by atoms with Gasteiger partial charge in [0.1, 0.15) is 18.1 Å². The summed E-state index contributed by atoms with van der Waals surface area (Å²) in [6.45, 7) is 6.55. The zero-order chi connectivity index (χ0) is 15.4. The number of rotatable bonds is 5. The maximum absolute atomic E-state index is 6.03. The summed E-state index contributed by atoms with van der Waals surface area (Å²) in [6, 6.07) is 12.1. The molecule has 0 aromatic heterocycles. The lowest BCUT2D eigenvalue weighted by Gasteiger charge is -2.16. The molecule has 0 aliphatic rings. The maximum Gasteiger partial charge on any atom is 0.125 e. The minimum Gasteiger partial charge on any atom is -0.496 e. The van der Waals surface area contributed by atoms with Crippen LogP contribution in [0.2, 0.25) is 0 Å². The van der Waals surface area contributed by atoms with Gasteiger partial charge in [-0.3, -0.25) is 0 Å². The van der Waals surface area contributed by atoms with E-state index in [2.05, 4.69) is 26.0 Å². The predicted molar refractivity (Wildman–Crippen MR) is 85.8 cm³/mol. The van der Waals surface area contributed by atoms with Gasteiger partial charge in [-0.05, 0) is 39.0 Å². The largest absolute Gasteiger partial charge is 0.496 e. The fourth-order valence-electron chi connectivity index (χ4n) is 2.33. The molecule has 3 nitrogen and oxygen atoms in total. The number of hydrogen-bond donors (Lipinski definition) is 1. The smallest absolute Gasteiger partial charge is 0.125 e. The molecule has 0 amide bonds. The lowest BCUT2D eigenvalue weighted by molar-refractivity contribution is 0.292. The summed E-state index contributed by atoms with van der Waals surface area (Å²) in [6.07, 6.45) is 0. The first-order valence-electron chi connectivity index (χ1n) is 7.13. The zero-order valence-electron chi connectivity index (χ0n) is 13.1. The fourth-order valence-corrected chi connectivity index (χ4v) is 2.33. The van der Waals surface area contributed by atoms with Crippen molar-refractivity contribution in [3.8, 4) is 11.5 Å². The first kappa shape index (κ1) is 15.4. The van der Waals surface area contributed by atoms with Crippen molar-refractivity contribution >= 4 is 0 Å². The van der Waals surface area contributed by atoms with Crippen LogP contribution in [0.5, 0.6) is 11.5 Å². The normalized spacial score (nSPS) is 12.0. The molecule has 0 unspecified atom stereocenters. The zero-order valence-corrected chi connectivity index (χ0v) is 13.1. The van der Waals surface area contributed by atoms with E-state index in [4.69, 9.17) is 15.2 Å². The van der Waals surface area contributed by atoms with Crippen LogP contribution < -0.4 is 15.2 Å². The Morgan fingerprint density at radius 3 is 2.24 bits per heavy atom. The maximum atomic E-state index is 6.03. The predicted octanol–water partition coefficient (Wildman–Crippen LogP) is 3.91. The molecule has 0 spiro atoms. The van der Waals surface area contributed by atoms with Gasteiger partial charge >= 0.3 is 0 Å². The third kappa shape index (κ3) is 3.76. The average molecular weight is 285 g/mol. The first-order valence-corrected chi connectivity index (χ1v) is 7.13. The van der Waals surface area contributed by atoms with Crippen molar-refractivity contribution in [3.63, 3.8) is 0 Å². The van der Waals surface area contributed by atoms with E-state index in [1.165, 1.54) is 11.1 Å². The van der Waals surface area contributed by atoms with Gasteiger partial charge in [-0.1, -0.05) is 29.3 Å². The van der Waals surface area contributed by atoms with Crippen LogP contribution in [-0.2, 0) is 6.61 Å². The Kier molecular flexibility index (Phi) is 4.86. The van der Waals surface area contributed by atoms with Crippen molar-refractivity contribution in [2.45, 2.75) is 33.4 Å². The molecule has 0 aliphatic heterocycles. The molecule has 2 rings (SSSR count). The van der Waals surface area contributed by atoms with Crippen LogP contribution in [0.15, 0.2) is 36.4 Å². The van der Waals surface area contributed by atoms with Crippen LogP contribution in [-0.4, -0.2) is 7.11 Å². The molecule has 0 saturated heterocycles. The van der Waals surface area contributed by atoms with Crippen LogP contribution in [0.4, 0.5) is 0 Å². The summed E-state index contributed by atoms with van der Waals surface area (Å²) < 4.78 is 11.4. The van der Waals surface area contributed by atoms with Gasteiger partial charge < -0.3 is 15.2 Å². The number of aryl methyl sites for hydroxylation is 2. The van der Waals surface area contributed by atoms with Crippen LogP contribution in [0.1, 0.15) is 35.2 Å². The van der Waals surface area contributed by atoms with Gasteiger partial charge in [0.25, 0.3) is 0 Å². The molecule has 0 heterocycles. The van der Waals surface area contributed by atoms with Crippen LogP contribution >= 0.6 is 0 Å². The first-order chi connectivity index (χ1) is 10.0. The number of benzene rings is 2. The van der Waals surface area contributed by atoms with Crippen LogP contribution in [0.25, 0.3) is 0 Å². The highest BCUT2D eigenvalue weighted by Gasteiger charge is 2.10. The van der Waals surface area contributed by atoms with E-state index < -0.39 is 0 Å². The Bertz CT molecular complexity index is 621. The molecular formula is C18H23NO2. The van der Waals surface area contributed by atoms with Crippen LogP contribution in [0, 0.1) is 13.8 Å². The Morgan fingerprint density at radius 2 is 1.62 bits per heavy atom. The summed E-state index contributed by atoms with van der Waals surface area (Å²) >= 11 is 0. The number of methoxy groups -OCH3 is 1. The highest BCUT2D eigenvalue weighted by molar-refractivity contribution is 5.40. The minimum absolute atomic E-state index is 0.0562. The minimum atomic E-state index is -0.0562. The molecule has 0 fully saturated rings. The number of nitrogens with two attached hydrogens (primary N) is 1. The second-order valence-corrected chi connectivity index (χ2v) is 5.43.